The zero-order valence-electron chi connectivity index (χ0n) is 16.5. The van der Waals surface area contributed by atoms with Crippen LogP contribution in [0.15, 0.2) is 23.2 Å². The van der Waals surface area contributed by atoms with Gasteiger partial charge in [0.25, 0.3) is 0 Å². The Balaban J connectivity index is 0.00000392. The van der Waals surface area contributed by atoms with Crippen molar-refractivity contribution in [3.63, 3.8) is 0 Å². The maximum atomic E-state index is 12.6. The average molecular weight is 509 g/mol. The first-order valence-corrected chi connectivity index (χ1v) is 8.41. The highest BCUT2D eigenvalue weighted by molar-refractivity contribution is 14.0. The fraction of sp³-hybridized carbons (Fsp3) is 0.444. The fourth-order valence-corrected chi connectivity index (χ4v) is 2.68. The highest BCUT2D eigenvalue weighted by Crippen LogP contribution is 2.25. The topological polar surface area (TPSA) is 72.7 Å². The lowest BCUT2D eigenvalue weighted by molar-refractivity contribution is -0.0504. The van der Waals surface area contributed by atoms with E-state index in [1.165, 1.54) is 13.2 Å². The fourth-order valence-electron chi connectivity index (χ4n) is 2.68. The van der Waals surface area contributed by atoms with Crippen LogP contribution in [0.2, 0.25) is 0 Å². The maximum absolute atomic E-state index is 12.6. The van der Waals surface area contributed by atoms with Crippen LogP contribution in [0.1, 0.15) is 22.5 Å². The van der Waals surface area contributed by atoms with E-state index in [4.69, 9.17) is 4.74 Å². The number of aromatic nitrogens is 2. The van der Waals surface area contributed by atoms with E-state index in [0.717, 1.165) is 17.0 Å². The summed E-state index contributed by atoms with van der Waals surface area (Å²) in [5, 5.41) is 10.7. The molecule has 2 aromatic rings. The molecule has 1 aromatic heterocycles. The van der Waals surface area contributed by atoms with E-state index in [1.807, 2.05) is 25.6 Å². The van der Waals surface area contributed by atoms with E-state index < -0.39 is 6.61 Å². The number of aliphatic imine (C=N–C) groups is 1. The Labute approximate surface area is 180 Å². The van der Waals surface area contributed by atoms with Crippen LogP contribution < -0.4 is 20.1 Å². The van der Waals surface area contributed by atoms with E-state index >= 15 is 0 Å². The molecular weight excluding hydrogens is 483 g/mol. The second kappa shape index (κ2) is 11.0. The monoisotopic (exact) mass is 509 g/mol. The van der Waals surface area contributed by atoms with Crippen molar-refractivity contribution < 1.29 is 18.3 Å². The van der Waals surface area contributed by atoms with Crippen LogP contribution in [0.5, 0.6) is 11.5 Å². The zero-order valence-corrected chi connectivity index (χ0v) is 18.9. The maximum Gasteiger partial charge on any atom is 0.387 e. The predicted molar refractivity (Wildman–Crippen MR) is 115 cm³/mol. The van der Waals surface area contributed by atoms with Crippen LogP contribution in [-0.4, -0.2) is 36.5 Å². The number of guanidine groups is 1. The Bertz CT molecular complexity index is 812. The standard InChI is InChI=1S/C18H25F2N5O2.HI/c1-11-15(12(2)25(4)24-11)10-23-18(21-3)22-9-13-8-14(26-5)6-7-16(13)27-17(19)20;/h6-8,17H,9-10H2,1-5H3,(H2,21,22,23);1H. The Morgan fingerprint density at radius 2 is 1.93 bits per heavy atom. The van der Waals surface area contributed by atoms with Crippen molar-refractivity contribution in [2.24, 2.45) is 12.0 Å². The molecule has 2 rings (SSSR count). The molecule has 0 atom stereocenters. The number of alkyl halides is 2. The predicted octanol–water partition coefficient (Wildman–Crippen LogP) is 3.13. The molecule has 0 aliphatic carbocycles. The molecule has 0 saturated carbocycles. The largest absolute Gasteiger partial charge is 0.497 e. The molecule has 10 heteroatoms. The summed E-state index contributed by atoms with van der Waals surface area (Å²) in [4.78, 5) is 4.16. The van der Waals surface area contributed by atoms with E-state index in [-0.39, 0.29) is 36.3 Å². The number of hydrogen-bond acceptors (Lipinski definition) is 4. The van der Waals surface area contributed by atoms with Crippen molar-refractivity contribution in [2.75, 3.05) is 14.2 Å². The number of aryl methyl sites for hydroxylation is 2. The third-order valence-electron chi connectivity index (χ3n) is 4.25. The number of methoxy groups -OCH3 is 1. The van der Waals surface area contributed by atoms with Crippen LogP contribution in [0.4, 0.5) is 8.78 Å². The minimum absolute atomic E-state index is 0. The molecule has 0 radical (unpaired) electrons. The van der Waals surface area contributed by atoms with Crippen LogP contribution in [0.25, 0.3) is 0 Å². The van der Waals surface area contributed by atoms with Gasteiger partial charge in [-0.25, -0.2) is 0 Å². The second-order valence-electron chi connectivity index (χ2n) is 5.90. The molecule has 28 heavy (non-hydrogen) atoms. The number of hydrogen-bond donors (Lipinski definition) is 2. The van der Waals surface area contributed by atoms with Crippen molar-refractivity contribution >= 4 is 29.9 Å². The summed E-state index contributed by atoms with van der Waals surface area (Å²) in [6.45, 7) is 1.83. The summed E-state index contributed by atoms with van der Waals surface area (Å²) in [6.07, 6.45) is 0. The van der Waals surface area contributed by atoms with Crippen LogP contribution >= 0.6 is 24.0 Å². The third kappa shape index (κ3) is 6.21. The van der Waals surface area contributed by atoms with Crippen LogP contribution in [-0.2, 0) is 20.1 Å². The quantitative estimate of drug-likeness (QED) is 0.341. The van der Waals surface area contributed by atoms with Crippen molar-refractivity contribution in [3.8, 4) is 11.5 Å². The van der Waals surface area contributed by atoms with Gasteiger partial charge in [-0.2, -0.15) is 13.9 Å². The number of ether oxygens (including phenoxy) is 2. The number of benzene rings is 1. The summed E-state index contributed by atoms with van der Waals surface area (Å²) in [7, 11) is 5.05. The van der Waals surface area contributed by atoms with Gasteiger partial charge in [-0.3, -0.25) is 9.67 Å². The van der Waals surface area contributed by atoms with Gasteiger partial charge in [0.1, 0.15) is 11.5 Å². The molecule has 0 unspecified atom stereocenters. The van der Waals surface area contributed by atoms with Gasteiger partial charge in [-0.15, -0.1) is 24.0 Å². The SMILES string of the molecule is CN=C(NCc1cc(OC)ccc1OC(F)F)NCc1c(C)nn(C)c1C.I. The first kappa shape index (κ1) is 23.9. The van der Waals surface area contributed by atoms with Gasteiger partial charge in [0.15, 0.2) is 5.96 Å². The molecular formula is C18H26F2IN5O2. The van der Waals surface area contributed by atoms with Gasteiger partial charge in [0, 0.05) is 44.0 Å². The van der Waals surface area contributed by atoms with E-state index in [9.17, 15) is 8.78 Å². The minimum atomic E-state index is -2.90. The summed E-state index contributed by atoms with van der Waals surface area (Å²) in [5.41, 5.74) is 3.63. The summed E-state index contributed by atoms with van der Waals surface area (Å²) in [6, 6.07) is 4.68. The normalized spacial score (nSPS) is 11.2. The molecule has 2 N–H and O–H groups in total. The van der Waals surface area contributed by atoms with E-state index in [2.05, 4.69) is 25.5 Å². The molecule has 0 amide bonds. The summed E-state index contributed by atoms with van der Waals surface area (Å²) < 4.78 is 36.8. The lowest BCUT2D eigenvalue weighted by atomic mass is 10.2. The molecule has 0 aliphatic rings. The van der Waals surface area contributed by atoms with Crippen molar-refractivity contribution in [3.05, 3.63) is 40.7 Å². The van der Waals surface area contributed by atoms with Gasteiger partial charge in [0.2, 0.25) is 0 Å². The Kier molecular flexibility index (Phi) is 9.42. The van der Waals surface area contributed by atoms with Crippen molar-refractivity contribution in [1.82, 2.24) is 20.4 Å². The Morgan fingerprint density at radius 3 is 2.46 bits per heavy atom. The molecule has 0 aliphatic heterocycles. The van der Waals surface area contributed by atoms with Gasteiger partial charge >= 0.3 is 6.61 Å². The molecule has 1 aromatic carbocycles. The number of nitrogens with one attached hydrogen (secondary N) is 2. The summed E-state index contributed by atoms with van der Waals surface area (Å²) in [5.74, 6) is 1.18. The molecule has 0 spiro atoms. The van der Waals surface area contributed by atoms with E-state index in [0.29, 0.717) is 23.8 Å². The molecule has 1 heterocycles. The number of halogens is 3. The number of nitrogens with zero attached hydrogens (tertiary/aromatic N) is 3. The van der Waals surface area contributed by atoms with Gasteiger partial charge in [-0.1, -0.05) is 0 Å². The van der Waals surface area contributed by atoms with Crippen molar-refractivity contribution in [2.45, 2.75) is 33.5 Å². The second-order valence-corrected chi connectivity index (χ2v) is 5.90. The minimum Gasteiger partial charge on any atom is -0.497 e. The summed E-state index contributed by atoms with van der Waals surface area (Å²) >= 11 is 0. The average Bonchev–Trinajstić information content (AvgIpc) is 2.88. The third-order valence-corrected chi connectivity index (χ3v) is 4.25. The molecule has 7 nitrogen and oxygen atoms in total. The van der Waals surface area contributed by atoms with Crippen LogP contribution in [0.3, 0.4) is 0 Å². The highest BCUT2D eigenvalue weighted by Gasteiger charge is 2.13. The van der Waals surface area contributed by atoms with Gasteiger partial charge in [-0.05, 0) is 32.0 Å². The smallest absolute Gasteiger partial charge is 0.387 e. The van der Waals surface area contributed by atoms with Gasteiger partial charge in [0.05, 0.1) is 12.8 Å². The lowest BCUT2D eigenvalue weighted by Gasteiger charge is -2.15. The molecule has 0 bridgehead atoms. The Hall–Kier alpha value is -2.11. The van der Waals surface area contributed by atoms with Crippen molar-refractivity contribution in [1.29, 1.82) is 0 Å². The number of rotatable bonds is 7. The highest BCUT2D eigenvalue weighted by atomic mass is 127. The first-order chi connectivity index (χ1) is 12.8. The van der Waals surface area contributed by atoms with E-state index in [1.54, 1.807) is 19.2 Å². The molecule has 156 valence electrons. The Morgan fingerprint density at radius 1 is 1.25 bits per heavy atom. The molecule has 0 fully saturated rings. The zero-order chi connectivity index (χ0) is 20.0. The van der Waals surface area contributed by atoms with Crippen LogP contribution in [0, 0.1) is 13.8 Å². The van der Waals surface area contributed by atoms with Gasteiger partial charge < -0.3 is 20.1 Å². The lowest BCUT2D eigenvalue weighted by Crippen LogP contribution is -2.36. The first-order valence-electron chi connectivity index (χ1n) is 8.41. The molecule has 0 saturated heterocycles.